The van der Waals surface area contributed by atoms with Gasteiger partial charge in [0.05, 0.1) is 35.9 Å². The molecule has 2 fully saturated rings. The van der Waals surface area contributed by atoms with Crippen molar-refractivity contribution >= 4 is 23.1 Å². The third-order valence-corrected chi connectivity index (χ3v) is 6.20. The van der Waals surface area contributed by atoms with Crippen molar-refractivity contribution in [3.63, 3.8) is 0 Å². The predicted molar refractivity (Wildman–Crippen MR) is 132 cm³/mol. The fourth-order valence-corrected chi connectivity index (χ4v) is 4.46. The first-order valence-electron chi connectivity index (χ1n) is 11.9. The van der Waals surface area contributed by atoms with Gasteiger partial charge in [-0.05, 0) is 43.7 Å². The van der Waals surface area contributed by atoms with Crippen LogP contribution in [0.4, 0.5) is 5.69 Å². The van der Waals surface area contributed by atoms with Gasteiger partial charge in [0.15, 0.2) is 0 Å². The Bertz CT molecular complexity index is 1170. The number of morpholine rings is 1. The minimum atomic E-state index is -0.961. The van der Waals surface area contributed by atoms with E-state index in [1.807, 2.05) is 13.8 Å². The quantitative estimate of drug-likeness (QED) is 0.195. The molecule has 0 bridgehead atoms. The second kappa shape index (κ2) is 10.9. The Balaban J connectivity index is 1.73. The molecule has 1 amide bonds. The molecule has 2 aromatic carbocycles. The average molecular weight is 496 g/mol. The molecule has 0 saturated carbocycles. The van der Waals surface area contributed by atoms with Gasteiger partial charge in [0, 0.05) is 43.9 Å². The van der Waals surface area contributed by atoms with Crippen molar-refractivity contribution in [2.45, 2.75) is 26.0 Å². The van der Waals surface area contributed by atoms with Crippen LogP contribution in [0.5, 0.6) is 5.75 Å². The number of nitro benzene ring substituents is 1. The zero-order valence-electron chi connectivity index (χ0n) is 20.3. The molecule has 2 aromatic rings. The van der Waals surface area contributed by atoms with Crippen LogP contribution in [0.3, 0.4) is 0 Å². The largest absolute Gasteiger partial charge is 0.507 e. The lowest BCUT2D eigenvalue weighted by molar-refractivity contribution is -0.384. The van der Waals surface area contributed by atoms with Crippen molar-refractivity contribution in [3.05, 3.63) is 75.3 Å². The van der Waals surface area contributed by atoms with Gasteiger partial charge in [-0.3, -0.25) is 24.6 Å². The van der Waals surface area contributed by atoms with Crippen molar-refractivity contribution in [1.29, 1.82) is 0 Å². The number of aliphatic hydroxyl groups excluding tert-OH is 1. The summed E-state index contributed by atoms with van der Waals surface area (Å²) in [6.07, 6.45) is -0.0323. The summed E-state index contributed by atoms with van der Waals surface area (Å²) in [5, 5.41) is 22.6. The van der Waals surface area contributed by atoms with Gasteiger partial charge in [-0.25, -0.2) is 0 Å². The summed E-state index contributed by atoms with van der Waals surface area (Å²) in [6.45, 7) is 7.09. The maximum absolute atomic E-state index is 13.2. The number of nitro groups is 1. The molecule has 0 unspecified atom stereocenters. The Morgan fingerprint density at radius 1 is 1.14 bits per heavy atom. The topological polar surface area (TPSA) is 122 Å². The first-order chi connectivity index (χ1) is 17.3. The molecule has 2 heterocycles. The van der Waals surface area contributed by atoms with Crippen LogP contribution in [0.25, 0.3) is 5.76 Å². The van der Waals surface area contributed by atoms with Gasteiger partial charge in [0.2, 0.25) is 0 Å². The summed E-state index contributed by atoms with van der Waals surface area (Å²) >= 11 is 0. The highest BCUT2D eigenvalue weighted by Crippen LogP contribution is 2.40. The number of ketones is 1. The minimum Gasteiger partial charge on any atom is -0.507 e. The lowest BCUT2D eigenvalue weighted by Gasteiger charge is -2.31. The third kappa shape index (κ3) is 5.39. The molecule has 2 saturated heterocycles. The van der Waals surface area contributed by atoms with Gasteiger partial charge in [0.1, 0.15) is 11.5 Å². The van der Waals surface area contributed by atoms with E-state index in [1.165, 1.54) is 23.1 Å². The Kier molecular flexibility index (Phi) is 7.66. The number of rotatable bonds is 8. The molecule has 0 aliphatic carbocycles. The Labute approximate surface area is 208 Å². The first kappa shape index (κ1) is 25.3. The van der Waals surface area contributed by atoms with E-state index in [0.717, 1.165) is 0 Å². The van der Waals surface area contributed by atoms with E-state index in [2.05, 4.69) is 4.90 Å². The molecule has 1 atom stereocenters. The maximum atomic E-state index is 13.2. The molecular weight excluding hydrogens is 466 g/mol. The van der Waals surface area contributed by atoms with Crippen LogP contribution < -0.4 is 4.74 Å². The number of amides is 1. The Hall–Kier alpha value is -3.76. The number of aliphatic hydroxyl groups is 1. The first-order valence-corrected chi connectivity index (χ1v) is 11.9. The lowest BCUT2D eigenvalue weighted by Crippen LogP contribution is -2.42. The van der Waals surface area contributed by atoms with Gasteiger partial charge in [-0.1, -0.05) is 12.1 Å². The van der Waals surface area contributed by atoms with E-state index in [1.54, 1.807) is 30.3 Å². The number of hydrogen-bond donors (Lipinski definition) is 1. The zero-order valence-corrected chi connectivity index (χ0v) is 20.3. The van der Waals surface area contributed by atoms with Crippen molar-refractivity contribution < 1.29 is 29.1 Å². The Morgan fingerprint density at radius 3 is 2.47 bits per heavy atom. The van der Waals surface area contributed by atoms with Crippen LogP contribution in [-0.2, 0) is 14.3 Å². The summed E-state index contributed by atoms with van der Waals surface area (Å²) in [4.78, 5) is 40.7. The molecule has 190 valence electrons. The number of benzene rings is 2. The summed E-state index contributed by atoms with van der Waals surface area (Å²) < 4.78 is 11.0. The second-order valence-electron chi connectivity index (χ2n) is 8.99. The number of carbonyl (C=O) groups excluding carboxylic acids is 2. The summed E-state index contributed by atoms with van der Waals surface area (Å²) in [6, 6.07) is 11.4. The van der Waals surface area contributed by atoms with Crippen LogP contribution in [0.15, 0.2) is 54.1 Å². The molecular formula is C26H29N3O7. The molecule has 4 rings (SSSR count). The summed E-state index contributed by atoms with van der Waals surface area (Å²) in [5.41, 5.74) is 0.459. The molecule has 10 nitrogen and oxygen atoms in total. The van der Waals surface area contributed by atoms with Crippen molar-refractivity contribution in [3.8, 4) is 5.75 Å². The monoisotopic (exact) mass is 495 g/mol. The van der Waals surface area contributed by atoms with Crippen LogP contribution in [0.2, 0.25) is 0 Å². The van der Waals surface area contributed by atoms with Crippen molar-refractivity contribution in [2.75, 3.05) is 39.4 Å². The fraction of sp³-hybridized carbons (Fsp3) is 0.385. The van der Waals surface area contributed by atoms with Gasteiger partial charge >= 0.3 is 0 Å². The predicted octanol–water partition coefficient (Wildman–Crippen LogP) is 3.14. The average Bonchev–Trinajstić information content (AvgIpc) is 3.12. The van der Waals surface area contributed by atoms with Gasteiger partial charge in [-0.15, -0.1) is 0 Å². The fourth-order valence-electron chi connectivity index (χ4n) is 4.46. The van der Waals surface area contributed by atoms with E-state index in [4.69, 9.17) is 9.47 Å². The maximum Gasteiger partial charge on any atom is 0.295 e. The highest BCUT2D eigenvalue weighted by Gasteiger charge is 2.46. The molecule has 0 spiro atoms. The van der Waals surface area contributed by atoms with E-state index in [0.29, 0.717) is 49.7 Å². The van der Waals surface area contributed by atoms with Crippen LogP contribution in [-0.4, -0.2) is 77.0 Å². The van der Waals surface area contributed by atoms with Gasteiger partial charge < -0.3 is 19.5 Å². The number of nitrogens with zero attached hydrogens (tertiary/aromatic N) is 3. The summed E-state index contributed by atoms with van der Waals surface area (Å²) in [5.74, 6) is -1.31. The standard InChI is InChI=1S/C26H29N3O7/c1-17(2)36-21-8-6-18(7-9-21)24(30)22-23(19-4-3-5-20(16-19)29(33)34)28(26(32)25(22)31)11-10-27-12-14-35-15-13-27/h3-9,16-17,23,30H,10-15H2,1-2H3/t23-/m0/s1. The smallest absolute Gasteiger partial charge is 0.295 e. The van der Waals surface area contributed by atoms with Crippen molar-refractivity contribution in [2.24, 2.45) is 0 Å². The SMILES string of the molecule is CC(C)Oc1ccc(C(O)=C2C(=O)C(=O)N(CCN3CCOCC3)[C@H]2c2cccc([N+](=O)[O-])c2)cc1. The molecule has 2 aliphatic rings. The number of Topliss-reactive ketones (excluding diaryl/α,β-unsaturated/α-hetero) is 1. The van der Waals surface area contributed by atoms with Gasteiger partial charge in [0.25, 0.3) is 17.4 Å². The normalized spacial score (nSPS) is 20.2. The zero-order chi connectivity index (χ0) is 25.8. The third-order valence-electron chi connectivity index (χ3n) is 6.20. The molecule has 0 aromatic heterocycles. The number of carbonyl (C=O) groups is 2. The molecule has 1 N–H and O–H groups in total. The van der Waals surface area contributed by atoms with E-state index >= 15 is 0 Å². The molecule has 2 aliphatic heterocycles. The highest BCUT2D eigenvalue weighted by atomic mass is 16.6. The molecule has 10 heteroatoms. The second-order valence-corrected chi connectivity index (χ2v) is 8.99. The van der Waals surface area contributed by atoms with E-state index in [-0.39, 0.29) is 29.7 Å². The lowest BCUT2D eigenvalue weighted by atomic mass is 9.95. The molecule has 36 heavy (non-hydrogen) atoms. The number of non-ortho nitro benzene ring substituents is 1. The molecule has 0 radical (unpaired) electrons. The number of hydrogen-bond acceptors (Lipinski definition) is 8. The number of likely N-dealkylation sites (tertiary alicyclic amines) is 1. The van der Waals surface area contributed by atoms with E-state index in [9.17, 15) is 24.8 Å². The Morgan fingerprint density at radius 2 is 1.83 bits per heavy atom. The van der Waals surface area contributed by atoms with E-state index < -0.39 is 22.7 Å². The van der Waals surface area contributed by atoms with Crippen molar-refractivity contribution in [1.82, 2.24) is 9.80 Å². The summed E-state index contributed by atoms with van der Waals surface area (Å²) in [7, 11) is 0. The van der Waals surface area contributed by atoms with Crippen LogP contribution in [0, 0.1) is 10.1 Å². The number of ether oxygens (including phenoxy) is 2. The van der Waals surface area contributed by atoms with Crippen LogP contribution in [0.1, 0.15) is 31.0 Å². The highest BCUT2D eigenvalue weighted by molar-refractivity contribution is 6.46. The van der Waals surface area contributed by atoms with Gasteiger partial charge in [-0.2, -0.15) is 0 Å². The van der Waals surface area contributed by atoms with Crippen LogP contribution >= 0.6 is 0 Å². The minimum absolute atomic E-state index is 0.0323.